The van der Waals surface area contributed by atoms with Crippen molar-refractivity contribution in [1.29, 1.82) is 0 Å². The summed E-state index contributed by atoms with van der Waals surface area (Å²) in [4.78, 5) is 31.3. The summed E-state index contributed by atoms with van der Waals surface area (Å²) in [5.41, 5.74) is 1.56. The molecule has 2 N–H and O–H groups in total. The minimum atomic E-state index is -0.526. The number of amides is 1. The Morgan fingerprint density at radius 1 is 1.41 bits per heavy atom. The molecule has 0 saturated carbocycles. The van der Waals surface area contributed by atoms with Gasteiger partial charge >= 0.3 is 0 Å². The molecule has 32 heavy (non-hydrogen) atoms. The number of carbonyl (C=O) groups is 1. The molecule has 1 aliphatic heterocycles. The second kappa shape index (κ2) is 10.1. The quantitative estimate of drug-likeness (QED) is 0.219. The molecule has 1 saturated heterocycles. The lowest BCUT2D eigenvalue weighted by Crippen LogP contribution is -2.32. The summed E-state index contributed by atoms with van der Waals surface area (Å²) in [6.07, 6.45) is 3.53. The van der Waals surface area contributed by atoms with Gasteiger partial charge in [0.1, 0.15) is 5.75 Å². The van der Waals surface area contributed by atoms with E-state index in [2.05, 4.69) is 15.3 Å². The number of nitro groups is 1. The van der Waals surface area contributed by atoms with Gasteiger partial charge in [0.05, 0.1) is 32.7 Å². The number of phenols is 1. The number of thioether (sulfide) groups is 1. The maximum atomic E-state index is 12.1. The lowest BCUT2D eigenvalue weighted by atomic mass is 10.2. The van der Waals surface area contributed by atoms with Gasteiger partial charge in [-0.3, -0.25) is 19.9 Å². The molecule has 1 atom stereocenters. The molecule has 0 unspecified atom stereocenters. The molecule has 1 aliphatic rings. The van der Waals surface area contributed by atoms with E-state index in [9.17, 15) is 20.0 Å². The van der Waals surface area contributed by atoms with Crippen LogP contribution in [-0.4, -0.2) is 52.1 Å². The van der Waals surface area contributed by atoms with Gasteiger partial charge in [-0.1, -0.05) is 11.8 Å². The number of non-ortho nitro benzene ring substituents is 1. The lowest BCUT2D eigenvalue weighted by Gasteiger charge is -2.09. The molecule has 1 amide bonds. The average molecular weight is 473 g/mol. The number of nitro benzene ring substituents is 1. The molecule has 0 spiro atoms. The van der Waals surface area contributed by atoms with Gasteiger partial charge in [0, 0.05) is 37.1 Å². The van der Waals surface area contributed by atoms with Crippen molar-refractivity contribution in [3.05, 3.63) is 52.1 Å². The highest BCUT2D eigenvalue weighted by molar-refractivity contribution is 8.01. The summed E-state index contributed by atoms with van der Waals surface area (Å²) in [5, 5.41) is 23.7. The van der Waals surface area contributed by atoms with E-state index < -0.39 is 4.92 Å². The standard InChI is InChI=1S/C21H20N4O5S2/c26-18-6-4-15(25(28)29)8-13(18)10-22-14-3-5-17-19(9-14)32-21(24-17)31-12-20(27)23-11-16-2-1-7-30-16/h3-6,8-10,16,26H,1-2,7,11-12H2,(H,23,27)/t16-/m1/s1. The summed E-state index contributed by atoms with van der Waals surface area (Å²) in [6.45, 7) is 1.31. The number of ether oxygens (including phenoxy) is 1. The number of nitrogens with zero attached hydrogens (tertiary/aromatic N) is 3. The van der Waals surface area contributed by atoms with Crippen LogP contribution < -0.4 is 5.32 Å². The summed E-state index contributed by atoms with van der Waals surface area (Å²) in [5.74, 6) is 0.144. The van der Waals surface area contributed by atoms with Crippen LogP contribution >= 0.6 is 23.1 Å². The number of aromatic hydroxyl groups is 1. The van der Waals surface area contributed by atoms with Crippen LogP contribution in [0.3, 0.4) is 0 Å². The first-order chi connectivity index (χ1) is 15.5. The van der Waals surface area contributed by atoms with E-state index in [0.29, 0.717) is 12.2 Å². The minimum Gasteiger partial charge on any atom is -0.507 e. The number of thiazole rings is 1. The minimum absolute atomic E-state index is 0.0493. The molecule has 3 aromatic rings. The van der Waals surface area contributed by atoms with Gasteiger partial charge in [-0.05, 0) is 37.1 Å². The number of hydrogen-bond donors (Lipinski definition) is 2. The molecule has 2 heterocycles. The summed E-state index contributed by atoms with van der Waals surface area (Å²) >= 11 is 2.84. The van der Waals surface area contributed by atoms with Crippen molar-refractivity contribution in [2.75, 3.05) is 18.9 Å². The molecule has 0 bridgehead atoms. The van der Waals surface area contributed by atoms with Crippen molar-refractivity contribution < 1.29 is 19.6 Å². The summed E-state index contributed by atoms with van der Waals surface area (Å²) < 4.78 is 7.19. The SMILES string of the molecule is O=C(CSc1nc2ccc(N=Cc3cc([N+](=O)[O-])ccc3O)cc2s1)NC[C@H]1CCCO1. The fourth-order valence-corrected chi connectivity index (χ4v) is 5.08. The van der Waals surface area contributed by atoms with E-state index >= 15 is 0 Å². The number of nitrogens with one attached hydrogen (secondary N) is 1. The van der Waals surface area contributed by atoms with E-state index in [1.807, 2.05) is 12.1 Å². The Balaban J connectivity index is 1.38. The van der Waals surface area contributed by atoms with E-state index in [1.54, 1.807) is 6.07 Å². The Labute approximate surface area is 191 Å². The Kier molecular flexibility index (Phi) is 6.98. The third-order valence-corrected chi connectivity index (χ3v) is 6.97. The van der Waals surface area contributed by atoms with E-state index in [4.69, 9.17) is 4.74 Å². The molecule has 0 aliphatic carbocycles. The molecule has 1 fully saturated rings. The van der Waals surface area contributed by atoms with Crippen LogP contribution in [0.4, 0.5) is 11.4 Å². The number of aromatic nitrogens is 1. The van der Waals surface area contributed by atoms with Gasteiger partial charge in [0.25, 0.3) is 5.69 Å². The molecule has 4 rings (SSSR count). The van der Waals surface area contributed by atoms with Crippen LogP contribution in [0.25, 0.3) is 10.2 Å². The maximum Gasteiger partial charge on any atom is 0.270 e. The zero-order chi connectivity index (χ0) is 22.5. The molecular formula is C21H20N4O5S2. The first kappa shape index (κ1) is 22.2. The maximum absolute atomic E-state index is 12.1. The highest BCUT2D eigenvalue weighted by Crippen LogP contribution is 2.32. The van der Waals surface area contributed by atoms with Crippen LogP contribution in [0.5, 0.6) is 5.75 Å². The Morgan fingerprint density at radius 2 is 2.28 bits per heavy atom. The molecule has 1 aromatic heterocycles. The Hall–Kier alpha value is -3.02. The molecule has 11 heteroatoms. The average Bonchev–Trinajstić information content (AvgIpc) is 3.44. The number of hydrogen-bond acceptors (Lipinski definition) is 9. The molecule has 166 valence electrons. The van der Waals surface area contributed by atoms with Gasteiger partial charge in [0.15, 0.2) is 4.34 Å². The second-order valence-electron chi connectivity index (χ2n) is 7.12. The smallest absolute Gasteiger partial charge is 0.270 e. The van der Waals surface area contributed by atoms with E-state index in [0.717, 1.165) is 34.0 Å². The lowest BCUT2D eigenvalue weighted by molar-refractivity contribution is -0.384. The second-order valence-corrected chi connectivity index (χ2v) is 9.37. The van der Waals surface area contributed by atoms with Crippen LogP contribution in [0.15, 0.2) is 45.7 Å². The van der Waals surface area contributed by atoms with Crippen molar-refractivity contribution in [2.24, 2.45) is 4.99 Å². The Bertz CT molecular complexity index is 1170. The number of carbonyl (C=O) groups excluding carboxylic acids is 1. The molecule has 2 aromatic carbocycles. The molecule has 9 nitrogen and oxygen atoms in total. The third-order valence-electron chi connectivity index (χ3n) is 4.80. The summed E-state index contributed by atoms with van der Waals surface area (Å²) in [6, 6.07) is 9.22. The zero-order valence-electron chi connectivity index (χ0n) is 16.9. The monoisotopic (exact) mass is 472 g/mol. The van der Waals surface area contributed by atoms with Crippen molar-refractivity contribution in [1.82, 2.24) is 10.3 Å². The zero-order valence-corrected chi connectivity index (χ0v) is 18.5. The normalized spacial score (nSPS) is 16.1. The number of rotatable bonds is 8. The van der Waals surface area contributed by atoms with Crippen molar-refractivity contribution in [3.8, 4) is 5.75 Å². The molecule has 0 radical (unpaired) electrons. The number of phenolic OH excluding ortho intramolecular Hbond substituents is 1. The van der Waals surface area contributed by atoms with Crippen LogP contribution in [0.1, 0.15) is 18.4 Å². The predicted octanol–water partition coefficient (Wildman–Crippen LogP) is 4.05. The number of aliphatic imine (C=N–C) groups is 1. The number of benzene rings is 2. The van der Waals surface area contributed by atoms with Gasteiger partial charge in [0.2, 0.25) is 5.91 Å². The van der Waals surface area contributed by atoms with Crippen LogP contribution in [0, 0.1) is 10.1 Å². The van der Waals surface area contributed by atoms with Crippen LogP contribution in [-0.2, 0) is 9.53 Å². The highest BCUT2D eigenvalue weighted by Gasteiger charge is 2.16. The topological polar surface area (TPSA) is 127 Å². The van der Waals surface area contributed by atoms with Crippen LogP contribution in [0.2, 0.25) is 0 Å². The van der Waals surface area contributed by atoms with Gasteiger partial charge in [-0.15, -0.1) is 11.3 Å². The fraction of sp³-hybridized carbons (Fsp3) is 0.286. The Morgan fingerprint density at radius 3 is 3.06 bits per heavy atom. The van der Waals surface area contributed by atoms with Crippen molar-refractivity contribution in [2.45, 2.75) is 23.3 Å². The first-order valence-corrected chi connectivity index (χ1v) is 11.7. The fourth-order valence-electron chi connectivity index (χ4n) is 3.15. The van der Waals surface area contributed by atoms with Gasteiger partial charge in [-0.25, -0.2) is 4.98 Å². The number of fused-ring (bicyclic) bond motifs is 1. The largest absolute Gasteiger partial charge is 0.507 e. The van der Waals surface area contributed by atoms with E-state index in [1.165, 1.54) is 47.5 Å². The van der Waals surface area contributed by atoms with Crippen molar-refractivity contribution in [3.63, 3.8) is 0 Å². The predicted molar refractivity (Wildman–Crippen MR) is 124 cm³/mol. The van der Waals surface area contributed by atoms with E-state index in [-0.39, 0.29) is 34.8 Å². The summed E-state index contributed by atoms with van der Waals surface area (Å²) in [7, 11) is 0. The van der Waals surface area contributed by atoms with Gasteiger partial charge in [-0.2, -0.15) is 0 Å². The van der Waals surface area contributed by atoms with Crippen molar-refractivity contribution >= 4 is 56.8 Å². The first-order valence-electron chi connectivity index (χ1n) is 9.91. The highest BCUT2D eigenvalue weighted by atomic mass is 32.2. The molecular weight excluding hydrogens is 452 g/mol. The third kappa shape index (κ3) is 5.61. The van der Waals surface area contributed by atoms with Gasteiger partial charge < -0.3 is 15.2 Å².